The van der Waals surface area contributed by atoms with Crippen LogP contribution in [0.4, 0.5) is 5.69 Å². The van der Waals surface area contributed by atoms with E-state index in [0.717, 1.165) is 36.9 Å². The van der Waals surface area contributed by atoms with Crippen LogP contribution in [0.25, 0.3) is 0 Å². The van der Waals surface area contributed by atoms with Crippen molar-refractivity contribution in [1.29, 1.82) is 0 Å². The third kappa shape index (κ3) is 3.39. The van der Waals surface area contributed by atoms with E-state index in [2.05, 4.69) is 9.80 Å². The standard InChI is InChI=1S/C14H19ClN2O2/c1-2-13(14(18)19)17-9-7-16(8-10-17)12-5-3-11(15)4-6-12/h3-6,13H,2,7-10H2,1H3,(H,18,19)/t13-/m1/s1. The summed E-state index contributed by atoms with van der Waals surface area (Å²) in [5.74, 6) is -0.720. The fraction of sp³-hybridized carbons (Fsp3) is 0.500. The zero-order valence-corrected chi connectivity index (χ0v) is 11.8. The molecule has 0 bridgehead atoms. The van der Waals surface area contributed by atoms with E-state index in [-0.39, 0.29) is 6.04 Å². The Bertz CT molecular complexity index is 428. The Kier molecular flexibility index (Phi) is 4.66. The molecule has 2 rings (SSSR count). The number of piperazine rings is 1. The van der Waals surface area contributed by atoms with Gasteiger partial charge in [-0.3, -0.25) is 9.69 Å². The maximum Gasteiger partial charge on any atom is 0.320 e. The number of nitrogens with zero attached hydrogens (tertiary/aromatic N) is 2. The highest BCUT2D eigenvalue weighted by Gasteiger charge is 2.27. The topological polar surface area (TPSA) is 43.8 Å². The van der Waals surface area contributed by atoms with Crippen LogP contribution in [0.5, 0.6) is 0 Å². The van der Waals surface area contributed by atoms with Gasteiger partial charge in [0.05, 0.1) is 0 Å². The predicted molar refractivity (Wildman–Crippen MR) is 77.0 cm³/mol. The number of halogens is 1. The molecule has 1 atom stereocenters. The predicted octanol–water partition coefficient (Wildman–Crippen LogP) is 2.33. The minimum absolute atomic E-state index is 0.354. The highest BCUT2D eigenvalue weighted by Crippen LogP contribution is 2.20. The van der Waals surface area contributed by atoms with Crippen LogP contribution in [0.2, 0.25) is 5.02 Å². The molecule has 0 saturated carbocycles. The van der Waals surface area contributed by atoms with Crippen molar-refractivity contribution in [2.24, 2.45) is 0 Å². The number of anilines is 1. The van der Waals surface area contributed by atoms with E-state index in [1.165, 1.54) is 0 Å². The molecule has 104 valence electrons. The second-order valence-corrected chi connectivity index (χ2v) is 5.20. The Morgan fingerprint density at radius 3 is 2.32 bits per heavy atom. The van der Waals surface area contributed by atoms with Crippen LogP contribution >= 0.6 is 11.6 Å². The number of rotatable bonds is 4. The molecule has 1 fully saturated rings. The molecule has 0 aliphatic carbocycles. The second-order valence-electron chi connectivity index (χ2n) is 4.76. The first-order chi connectivity index (χ1) is 9.11. The van der Waals surface area contributed by atoms with Gasteiger partial charge in [0.1, 0.15) is 6.04 Å². The van der Waals surface area contributed by atoms with Crippen molar-refractivity contribution in [2.45, 2.75) is 19.4 Å². The lowest BCUT2D eigenvalue weighted by atomic mass is 10.1. The van der Waals surface area contributed by atoms with Gasteiger partial charge in [0, 0.05) is 36.9 Å². The lowest BCUT2D eigenvalue weighted by Gasteiger charge is -2.38. The summed E-state index contributed by atoms with van der Waals surface area (Å²) in [6, 6.07) is 7.43. The monoisotopic (exact) mass is 282 g/mol. The normalized spacial score (nSPS) is 18.3. The van der Waals surface area contributed by atoms with Gasteiger partial charge in [-0.05, 0) is 30.7 Å². The summed E-state index contributed by atoms with van der Waals surface area (Å²) in [7, 11) is 0. The number of aliphatic carboxylic acids is 1. The van der Waals surface area contributed by atoms with Gasteiger partial charge < -0.3 is 10.0 Å². The van der Waals surface area contributed by atoms with Crippen LogP contribution in [0.15, 0.2) is 24.3 Å². The van der Waals surface area contributed by atoms with Crippen molar-refractivity contribution < 1.29 is 9.90 Å². The maximum atomic E-state index is 11.1. The fourth-order valence-electron chi connectivity index (χ4n) is 2.53. The Balaban J connectivity index is 1.95. The number of hydrogen-bond acceptors (Lipinski definition) is 3. The number of benzene rings is 1. The van der Waals surface area contributed by atoms with E-state index >= 15 is 0 Å². The first-order valence-corrected chi connectivity index (χ1v) is 6.97. The second kappa shape index (κ2) is 6.26. The Morgan fingerprint density at radius 2 is 1.84 bits per heavy atom. The summed E-state index contributed by atoms with van der Waals surface area (Å²) in [5, 5.41) is 9.90. The van der Waals surface area contributed by atoms with Crippen molar-refractivity contribution in [3.05, 3.63) is 29.3 Å². The molecule has 0 spiro atoms. The van der Waals surface area contributed by atoms with Crippen LogP contribution < -0.4 is 4.90 Å². The van der Waals surface area contributed by atoms with Gasteiger partial charge in [0.2, 0.25) is 0 Å². The molecular weight excluding hydrogens is 264 g/mol. The third-order valence-corrected chi connectivity index (χ3v) is 3.87. The first kappa shape index (κ1) is 14.2. The van der Waals surface area contributed by atoms with Gasteiger partial charge in [-0.2, -0.15) is 0 Å². The van der Waals surface area contributed by atoms with Crippen molar-refractivity contribution in [2.75, 3.05) is 31.1 Å². The summed E-state index contributed by atoms with van der Waals surface area (Å²) >= 11 is 5.88. The summed E-state index contributed by atoms with van der Waals surface area (Å²) in [6.45, 7) is 5.20. The minimum atomic E-state index is -0.720. The summed E-state index contributed by atoms with van der Waals surface area (Å²) in [4.78, 5) is 15.5. The zero-order valence-electron chi connectivity index (χ0n) is 11.1. The molecule has 19 heavy (non-hydrogen) atoms. The average Bonchev–Trinajstić information content (AvgIpc) is 2.41. The molecular formula is C14H19ClN2O2. The minimum Gasteiger partial charge on any atom is -0.480 e. The Hall–Kier alpha value is -1.26. The van der Waals surface area contributed by atoms with Gasteiger partial charge in [0.15, 0.2) is 0 Å². The highest BCUT2D eigenvalue weighted by molar-refractivity contribution is 6.30. The summed E-state index contributed by atoms with van der Waals surface area (Å²) in [5.41, 5.74) is 1.15. The molecule has 4 nitrogen and oxygen atoms in total. The molecule has 1 heterocycles. The first-order valence-electron chi connectivity index (χ1n) is 6.59. The van der Waals surface area contributed by atoms with E-state index < -0.39 is 5.97 Å². The highest BCUT2D eigenvalue weighted by atomic mass is 35.5. The molecule has 0 aromatic heterocycles. The molecule has 0 amide bonds. The van der Waals surface area contributed by atoms with Crippen LogP contribution in [0.1, 0.15) is 13.3 Å². The third-order valence-electron chi connectivity index (χ3n) is 3.62. The van der Waals surface area contributed by atoms with Crippen molar-refractivity contribution in [1.82, 2.24) is 4.90 Å². The molecule has 1 aliphatic rings. The van der Waals surface area contributed by atoms with E-state index in [1.54, 1.807) is 0 Å². The van der Waals surface area contributed by atoms with Gasteiger partial charge >= 0.3 is 5.97 Å². The van der Waals surface area contributed by atoms with Crippen LogP contribution in [-0.2, 0) is 4.79 Å². The summed E-state index contributed by atoms with van der Waals surface area (Å²) in [6.07, 6.45) is 0.649. The fourth-order valence-corrected chi connectivity index (χ4v) is 2.66. The average molecular weight is 283 g/mol. The van der Waals surface area contributed by atoms with E-state index in [4.69, 9.17) is 16.7 Å². The smallest absolute Gasteiger partial charge is 0.320 e. The number of hydrogen-bond donors (Lipinski definition) is 1. The van der Waals surface area contributed by atoms with Crippen LogP contribution in [0, 0.1) is 0 Å². The van der Waals surface area contributed by atoms with Gasteiger partial charge in [-0.25, -0.2) is 0 Å². The van der Waals surface area contributed by atoms with E-state index in [0.29, 0.717) is 6.42 Å². The molecule has 1 aromatic carbocycles. The molecule has 1 N–H and O–H groups in total. The van der Waals surface area contributed by atoms with Crippen molar-refractivity contribution in [3.63, 3.8) is 0 Å². The zero-order chi connectivity index (χ0) is 13.8. The van der Waals surface area contributed by atoms with Gasteiger partial charge in [0.25, 0.3) is 0 Å². The molecule has 1 aliphatic heterocycles. The Labute approximate surface area is 118 Å². The number of carboxylic acids is 1. The Morgan fingerprint density at radius 1 is 1.26 bits per heavy atom. The maximum absolute atomic E-state index is 11.1. The molecule has 0 unspecified atom stereocenters. The molecule has 0 radical (unpaired) electrons. The van der Waals surface area contributed by atoms with Crippen molar-refractivity contribution >= 4 is 23.3 Å². The lowest BCUT2D eigenvalue weighted by Crippen LogP contribution is -2.52. The number of carbonyl (C=O) groups is 1. The molecule has 1 aromatic rings. The largest absolute Gasteiger partial charge is 0.480 e. The van der Waals surface area contributed by atoms with Crippen LogP contribution in [0.3, 0.4) is 0 Å². The molecule has 1 saturated heterocycles. The van der Waals surface area contributed by atoms with E-state index in [1.807, 2.05) is 31.2 Å². The SMILES string of the molecule is CC[C@H](C(=O)O)N1CCN(c2ccc(Cl)cc2)CC1. The van der Waals surface area contributed by atoms with Crippen LogP contribution in [-0.4, -0.2) is 48.2 Å². The summed E-state index contributed by atoms with van der Waals surface area (Å²) < 4.78 is 0. The lowest BCUT2D eigenvalue weighted by molar-refractivity contribution is -0.143. The van der Waals surface area contributed by atoms with Gasteiger partial charge in [-0.15, -0.1) is 0 Å². The quantitative estimate of drug-likeness (QED) is 0.920. The molecule has 5 heteroatoms. The number of carboxylic acid groups (broad SMARTS) is 1. The van der Waals surface area contributed by atoms with E-state index in [9.17, 15) is 4.79 Å². The van der Waals surface area contributed by atoms with Crippen molar-refractivity contribution in [3.8, 4) is 0 Å². The van der Waals surface area contributed by atoms with Gasteiger partial charge in [-0.1, -0.05) is 18.5 Å².